The van der Waals surface area contributed by atoms with E-state index in [-0.39, 0.29) is 11.3 Å². The summed E-state index contributed by atoms with van der Waals surface area (Å²) in [5.74, 6) is -1.75. The number of rotatable bonds is 5. The summed E-state index contributed by atoms with van der Waals surface area (Å²) in [7, 11) is 0. The highest BCUT2D eigenvalue weighted by Crippen LogP contribution is 2.10. The summed E-state index contributed by atoms with van der Waals surface area (Å²) in [6.45, 7) is 1.94. The number of carbonyl (C=O) groups excluding carboxylic acids is 1. The molecular formula is C17H14N4O3. The van der Waals surface area contributed by atoms with Crippen molar-refractivity contribution in [2.45, 2.75) is 6.92 Å². The molecule has 7 heteroatoms. The molecule has 0 aliphatic carbocycles. The maximum absolute atomic E-state index is 12.0. The molecule has 0 spiro atoms. The lowest BCUT2D eigenvalue weighted by Crippen LogP contribution is -2.22. The largest absolute Gasteiger partial charge is 0.478 e. The van der Waals surface area contributed by atoms with Gasteiger partial charge >= 0.3 is 5.97 Å². The van der Waals surface area contributed by atoms with Crippen molar-refractivity contribution in [3.05, 3.63) is 59.7 Å². The van der Waals surface area contributed by atoms with E-state index in [9.17, 15) is 9.59 Å². The van der Waals surface area contributed by atoms with Crippen LogP contribution in [0.5, 0.6) is 0 Å². The summed E-state index contributed by atoms with van der Waals surface area (Å²) in [5, 5.41) is 24.1. The summed E-state index contributed by atoms with van der Waals surface area (Å²) in [6, 6.07) is 14.6. The minimum absolute atomic E-state index is 0.100. The Morgan fingerprint density at radius 2 is 1.62 bits per heavy atom. The second kappa shape index (κ2) is 7.56. The van der Waals surface area contributed by atoms with Crippen molar-refractivity contribution in [1.82, 2.24) is 0 Å². The van der Waals surface area contributed by atoms with E-state index in [2.05, 4.69) is 15.8 Å². The van der Waals surface area contributed by atoms with Crippen LogP contribution < -0.4 is 10.7 Å². The van der Waals surface area contributed by atoms with Gasteiger partial charge in [0, 0.05) is 5.69 Å². The van der Waals surface area contributed by atoms with Gasteiger partial charge in [0.25, 0.3) is 5.91 Å². The molecule has 0 fully saturated rings. The van der Waals surface area contributed by atoms with Crippen molar-refractivity contribution < 1.29 is 14.7 Å². The summed E-state index contributed by atoms with van der Waals surface area (Å²) in [5.41, 5.74) is 4.48. The number of carboxylic acids is 1. The highest BCUT2D eigenvalue weighted by molar-refractivity contribution is 6.48. The number of hydrogen-bond donors (Lipinski definition) is 3. The average Bonchev–Trinajstić information content (AvgIpc) is 2.57. The zero-order valence-corrected chi connectivity index (χ0v) is 12.8. The maximum atomic E-state index is 12.0. The molecule has 120 valence electrons. The number of anilines is 2. The third-order valence-corrected chi connectivity index (χ3v) is 3.06. The molecule has 7 nitrogen and oxygen atoms in total. The van der Waals surface area contributed by atoms with E-state index < -0.39 is 11.9 Å². The molecule has 1 amide bonds. The molecule has 0 saturated carbocycles. The van der Waals surface area contributed by atoms with Gasteiger partial charge in [0.15, 0.2) is 0 Å². The van der Waals surface area contributed by atoms with Crippen LogP contribution in [0.15, 0.2) is 53.6 Å². The fourth-order valence-electron chi connectivity index (χ4n) is 1.76. The Bertz CT molecular complexity index is 818. The van der Waals surface area contributed by atoms with Crippen LogP contribution in [0.1, 0.15) is 15.9 Å². The minimum Gasteiger partial charge on any atom is -0.478 e. The van der Waals surface area contributed by atoms with Crippen LogP contribution in [-0.4, -0.2) is 22.7 Å². The molecule has 2 rings (SSSR count). The first-order valence-electron chi connectivity index (χ1n) is 6.95. The van der Waals surface area contributed by atoms with Gasteiger partial charge in [-0.15, -0.1) is 0 Å². The van der Waals surface area contributed by atoms with Crippen LogP contribution in [0.4, 0.5) is 11.4 Å². The lowest BCUT2D eigenvalue weighted by atomic mass is 10.2. The summed E-state index contributed by atoms with van der Waals surface area (Å²) < 4.78 is 0. The van der Waals surface area contributed by atoms with Crippen LogP contribution >= 0.6 is 0 Å². The fraction of sp³-hybridized carbons (Fsp3) is 0.0588. The Balaban J connectivity index is 2.05. The summed E-state index contributed by atoms with van der Waals surface area (Å²) in [6.07, 6.45) is 0. The predicted molar refractivity (Wildman–Crippen MR) is 89.9 cm³/mol. The van der Waals surface area contributed by atoms with Gasteiger partial charge in [-0.2, -0.15) is 10.4 Å². The number of carbonyl (C=O) groups is 2. The molecule has 0 aromatic heterocycles. The van der Waals surface area contributed by atoms with E-state index in [1.807, 2.05) is 19.1 Å². The number of nitrogens with zero attached hydrogens (tertiary/aromatic N) is 2. The number of aromatic carboxylic acids is 1. The van der Waals surface area contributed by atoms with E-state index >= 15 is 0 Å². The van der Waals surface area contributed by atoms with Crippen molar-refractivity contribution in [3.63, 3.8) is 0 Å². The lowest BCUT2D eigenvalue weighted by Gasteiger charge is -2.05. The third-order valence-electron chi connectivity index (χ3n) is 3.06. The molecule has 0 saturated heterocycles. The molecule has 0 bridgehead atoms. The van der Waals surface area contributed by atoms with Crippen molar-refractivity contribution in [2.24, 2.45) is 5.10 Å². The Labute approximate surface area is 138 Å². The molecule has 0 heterocycles. The Hall–Kier alpha value is -3.66. The highest BCUT2D eigenvalue weighted by atomic mass is 16.4. The van der Waals surface area contributed by atoms with Crippen LogP contribution in [0.25, 0.3) is 0 Å². The van der Waals surface area contributed by atoms with E-state index in [1.165, 1.54) is 24.3 Å². The van der Waals surface area contributed by atoms with Crippen LogP contribution in [-0.2, 0) is 4.79 Å². The number of carboxylic acid groups (broad SMARTS) is 1. The van der Waals surface area contributed by atoms with Gasteiger partial charge < -0.3 is 10.4 Å². The molecule has 24 heavy (non-hydrogen) atoms. The van der Waals surface area contributed by atoms with Crippen LogP contribution in [0, 0.1) is 18.3 Å². The number of hydrazone groups is 1. The Morgan fingerprint density at radius 1 is 1.04 bits per heavy atom. The number of aryl methyl sites for hydroxylation is 1. The average molecular weight is 322 g/mol. The second-order valence-corrected chi connectivity index (χ2v) is 4.89. The van der Waals surface area contributed by atoms with Gasteiger partial charge in [0.05, 0.1) is 11.3 Å². The van der Waals surface area contributed by atoms with Crippen molar-refractivity contribution >= 4 is 29.0 Å². The van der Waals surface area contributed by atoms with Gasteiger partial charge in [-0.1, -0.05) is 17.7 Å². The third kappa shape index (κ3) is 4.42. The zero-order valence-electron chi connectivity index (χ0n) is 12.8. The highest BCUT2D eigenvalue weighted by Gasteiger charge is 2.12. The van der Waals surface area contributed by atoms with Crippen LogP contribution in [0.2, 0.25) is 0 Å². The molecule has 0 atom stereocenters. The zero-order chi connectivity index (χ0) is 17.5. The summed E-state index contributed by atoms with van der Waals surface area (Å²) >= 11 is 0. The summed E-state index contributed by atoms with van der Waals surface area (Å²) in [4.78, 5) is 22.8. The molecule has 0 aliphatic rings. The van der Waals surface area contributed by atoms with Crippen LogP contribution in [0.3, 0.4) is 0 Å². The van der Waals surface area contributed by atoms with Gasteiger partial charge in [-0.05, 0) is 43.3 Å². The van der Waals surface area contributed by atoms with Gasteiger partial charge in [0.1, 0.15) is 6.07 Å². The van der Waals surface area contributed by atoms with E-state index in [0.29, 0.717) is 11.4 Å². The Morgan fingerprint density at radius 3 is 2.17 bits per heavy atom. The maximum Gasteiger partial charge on any atom is 0.335 e. The van der Waals surface area contributed by atoms with Gasteiger partial charge in [-0.25, -0.2) is 4.79 Å². The number of nitriles is 1. The monoisotopic (exact) mass is 322 g/mol. The van der Waals surface area contributed by atoms with Crippen molar-refractivity contribution in [1.29, 1.82) is 5.26 Å². The molecule has 2 aromatic rings. The standard InChI is InChI=1S/C17H14N4O3/c1-11-2-6-14(7-3-11)20-21-15(10-18)16(22)19-13-8-4-12(5-9-13)17(23)24/h2-9,20H,1H3,(H,19,22)(H,23,24)/b21-15+. The molecule has 2 aromatic carbocycles. The number of benzene rings is 2. The number of nitrogens with one attached hydrogen (secondary N) is 2. The molecule has 3 N–H and O–H groups in total. The first-order chi connectivity index (χ1) is 11.5. The first kappa shape index (κ1) is 16.7. The second-order valence-electron chi connectivity index (χ2n) is 4.89. The van der Waals surface area contributed by atoms with Crippen molar-refractivity contribution in [3.8, 4) is 6.07 Å². The molecular weight excluding hydrogens is 308 g/mol. The van der Waals surface area contributed by atoms with Gasteiger partial charge in [0.2, 0.25) is 5.71 Å². The first-order valence-corrected chi connectivity index (χ1v) is 6.95. The molecule has 0 aliphatic heterocycles. The normalized spacial score (nSPS) is 10.6. The topological polar surface area (TPSA) is 115 Å². The SMILES string of the molecule is Cc1ccc(N/N=C(\C#N)C(=O)Nc2ccc(C(=O)O)cc2)cc1. The quantitative estimate of drug-likeness (QED) is 0.578. The predicted octanol–water partition coefficient (Wildman–Crippen LogP) is 2.62. The fourth-order valence-corrected chi connectivity index (χ4v) is 1.76. The van der Waals surface area contributed by atoms with Crippen molar-refractivity contribution in [2.75, 3.05) is 10.7 Å². The number of hydrogen-bond acceptors (Lipinski definition) is 5. The van der Waals surface area contributed by atoms with E-state index in [0.717, 1.165) is 5.56 Å². The van der Waals surface area contributed by atoms with E-state index in [4.69, 9.17) is 10.4 Å². The Kier molecular flexibility index (Phi) is 5.26. The molecule has 0 radical (unpaired) electrons. The van der Waals surface area contributed by atoms with Gasteiger partial charge in [-0.3, -0.25) is 10.2 Å². The smallest absolute Gasteiger partial charge is 0.335 e. The number of amides is 1. The lowest BCUT2D eigenvalue weighted by molar-refractivity contribution is -0.110. The van der Waals surface area contributed by atoms with E-state index in [1.54, 1.807) is 18.2 Å². The minimum atomic E-state index is -1.06. The molecule has 0 unspecified atom stereocenters.